The van der Waals surface area contributed by atoms with Crippen molar-refractivity contribution in [1.82, 2.24) is 9.97 Å². The first-order valence-corrected chi connectivity index (χ1v) is 12.8. The minimum absolute atomic E-state index is 0.0639. The molecule has 3 aromatic carbocycles. The van der Waals surface area contributed by atoms with Gasteiger partial charge < -0.3 is 0 Å². The van der Waals surface area contributed by atoms with Crippen LogP contribution >= 0.6 is 22.7 Å². The summed E-state index contributed by atoms with van der Waals surface area (Å²) in [6, 6.07) is 14.4. The Morgan fingerprint density at radius 3 is 2.39 bits per heavy atom. The van der Waals surface area contributed by atoms with E-state index in [0.717, 1.165) is 37.6 Å². The van der Waals surface area contributed by atoms with Crippen molar-refractivity contribution in [3.8, 4) is 0 Å². The number of fused-ring (bicyclic) bond motifs is 3. The Hall–Kier alpha value is -3.41. The average Bonchev–Trinajstić information content (AvgIpc) is 3.36. The number of sulfonamides is 1. The molecule has 0 unspecified atom stereocenters. The second-order valence-corrected chi connectivity index (χ2v) is 11.0. The number of carbonyl (C=O) groups is 1. The van der Waals surface area contributed by atoms with Crippen LogP contribution in [-0.2, 0) is 10.0 Å². The second-order valence-electron chi connectivity index (χ2n) is 7.10. The minimum atomic E-state index is -3.87. The van der Waals surface area contributed by atoms with Gasteiger partial charge in [0.2, 0.25) is 0 Å². The highest BCUT2D eigenvalue weighted by Gasteiger charge is 2.16. The molecule has 5 aromatic rings. The fourth-order valence-electron chi connectivity index (χ4n) is 3.23. The topological polar surface area (TPSA) is 101 Å². The van der Waals surface area contributed by atoms with Crippen LogP contribution in [0.2, 0.25) is 0 Å². The molecule has 11 heteroatoms. The number of rotatable bonds is 5. The normalized spacial score (nSPS) is 11.7. The summed E-state index contributed by atoms with van der Waals surface area (Å²) in [5, 5.41) is 4.21. The van der Waals surface area contributed by atoms with Crippen molar-refractivity contribution in [1.29, 1.82) is 0 Å². The molecule has 0 saturated carbocycles. The molecular formula is C22H15FN4O3S3. The van der Waals surface area contributed by atoms with Crippen LogP contribution in [-0.4, -0.2) is 24.3 Å². The first-order chi connectivity index (χ1) is 15.8. The first-order valence-electron chi connectivity index (χ1n) is 9.65. The Morgan fingerprint density at radius 1 is 0.939 bits per heavy atom. The molecule has 0 radical (unpaired) electrons. The van der Waals surface area contributed by atoms with Gasteiger partial charge in [0.25, 0.3) is 15.9 Å². The molecule has 2 N–H and O–H groups in total. The van der Waals surface area contributed by atoms with Gasteiger partial charge in [0.15, 0.2) is 5.13 Å². The molecule has 7 nitrogen and oxygen atoms in total. The lowest BCUT2D eigenvalue weighted by Gasteiger charge is -2.09. The highest BCUT2D eigenvalue weighted by atomic mass is 32.2. The first kappa shape index (κ1) is 21.4. The zero-order chi connectivity index (χ0) is 23.2. The van der Waals surface area contributed by atoms with Gasteiger partial charge in [0.1, 0.15) is 11.3 Å². The van der Waals surface area contributed by atoms with E-state index in [1.165, 1.54) is 47.7 Å². The van der Waals surface area contributed by atoms with E-state index in [2.05, 4.69) is 20.0 Å². The number of benzene rings is 3. The Kier molecular flexibility index (Phi) is 5.31. The van der Waals surface area contributed by atoms with Crippen LogP contribution in [0.4, 0.5) is 15.2 Å². The Bertz CT molecular complexity index is 1610. The van der Waals surface area contributed by atoms with Gasteiger partial charge in [0.05, 0.1) is 24.8 Å². The molecule has 0 saturated heterocycles. The van der Waals surface area contributed by atoms with Gasteiger partial charge in [-0.1, -0.05) is 11.3 Å². The SMILES string of the molecule is Cc1nc2c(ccc3nc(NC(=O)c4ccc(NS(=O)(=O)c5ccc(F)cc5)cc4)sc32)s1. The highest BCUT2D eigenvalue weighted by Crippen LogP contribution is 2.34. The largest absolute Gasteiger partial charge is 0.298 e. The van der Waals surface area contributed by atoms with Crippen LogP contribution in [0.15, 0.2) is 65.6 Å². The van der Waals surface area contributed by atoms with Crippen molar-refractivity contribution >= 4 is 69.9 Å². The van der Waals surface area contributed by atoms with Crippen molar-refractivity contribution in [2.24, 2.45) is 0 Å². The molecule has 0 aliphatic heterocycles. The standard InChI is InChI=1S/C22H15FN4O3S3/c1-12-24-19-18(31-12)11-10-17-20(19)32-22(25-17)26-21(28)13-2-6-15(7-3-13)27-33(29,30)16-8-4-14(23)5-9-16/h2-11,27H,1H3,(H,25,26,28). The molecule has 33 heavy (non-hydrogen) atoms. The van der Waals surface area contributed by atoms with E-state index in [9.17, 15) is 17.6 Å². The maximum atomic E-state index is 13.0. The van der Waals surface area contributed by atoms with Crippen LogP contribution < -0.4 is 10.0 Å². The van der Waals surface area contributed by atoms with E-state index in [1.807, 2.05) is 19.1 Å². The van der Waals surface area contributed by atoms with Gasteiger partial charge in [-0.3, -0.25) is 14.8 Å². The number of thiazole rings is 2. The molecule has 0 aliphatic carbocycles. The zero-order valence-electron chi connectivity index (χ0n) is 17.0. The number of hydrogen-bond acceptors (Lipinski definition) is 7. The monoisotopic (exact) mass is 498 g/mol. The Balaban J connectivity index is 1.32. The summed E-state index contributed by atoms with van der Waals surface area (Å²) in [6.45, 7) is 1.95. The molecule has 0 spiro atoms. The Labute approximate surface area is 196 Å². The third kappa shape index (κ3) is 4.30. The molecule has 0 fully saturated rings. The second kappa shape index (κ2) is 8.18. The summed E-state index contributed by atoms with van der Waals surface area (Å²) >= 11 is 2.96. The fourth-order valence-corrected chi connectivity index (χ4v) is 6.14. The molecule has 0 aliphatic rings. The molecule has 2 aromatic heterocycles. The molecular weight excluding hydrogens is 483 g/mol. The van der Waals surface area contributed by atoms with Crippen molar-refractivity contribution in [3.05, 3.63) is 77.1 Å². The van der Waals surface area contributed by atoms with Gasteiger partial charge in [-0.25, -0.2) is 22.8 Å². The summed E-state index contributed by atoms with van der Waals surface area (Å²) in [7, 11) is -3.87. The highest BCUT2D eigenvalue weighted by molar-refractivity contribution is 7.92. The van der Waals surface area contributed by atoms with Crippen LogP contribution in [0.5, 0.6) is 0 Å². The molecule has 5 rings (SSSR count). The smallest absolute Gasteiger partial charge is 0.261 e. The summed E-state index contributed by atoms with van der Waals surface area (Å²) in [6.07, 6.45) is 0. The molecule has 0 bridgehead atoms. The fraction of sp³-hybridized carbons (Fsp3) is 0.0455. The predicted octanol–water partition coefficient (Wildman–Crippen LogP) is 5.41. The third-order valence-electron chi connectivity index (χ3n) is 4.77. The number of nitrogens with zero attached hydrogens (tertiary/aromatic N) is 2. The summed E-state index contributed by atoms with van der Waals surface area (Å²) in [5.74, 6) is -0.892. The summed E-state index contributed by atoms with van der Waals surface area (Å²) in [5.41, 5.74) is 2.26. The lowest BCUT2D eigenvalue weighted by atomic mass is 10.2. The quantitative estimate of drug-likeness (QED) is 0.338. The van der Waals surface area contributed by atoms with E-state index in [0.29, 0.717) is 10.7 Å². The van der Waals surface area contributed by atoms with Gasteiger partial charge in [-0.05, 0) is 67.6 Å². The lowest BCUT2D eigenvalue weighted by Crippen LogP contribution is -2.14. The van der Waals surface area contributed by atoms with Gasteiger partial charge in [-0.15, -0.1) is 11.3 Å². The van der Waals surface area contributed by atoms with Crippen molar-refractivity contribution in [3.63, 3.8) is 0 Å². The number of aromatic nitrogens is 2. The van der Waals surface area contributed by atoms with Crippen molar-refractivity contribution in [2.45, 2.75) is 11.8 Å². The summed E-state index contributed by atoms with van der Waals surface area (Å²) < 4.78 is 42.3. The van der Waals surface area contributed by atoms with Crippen LogP contribution in [0.3, 0.4) is 0 Å². The molecule has 2 heterocycles. The van der Waals surface area contributed by atoms with Gasteiger partial charge >= 0.3 is 0 Å². The summed E-state index contributed by atoms with van der Waals surface area (Å²) in [4.78, 5) is 21.6. The van der Waals surface area contributed by atoms with E-state index in [4.69, 9.17) is 0 Å². The number of aryl methyl sites for hydroxylation is 1. The number of anilines is 2. The number of carbonyl (C=O) groups excluding carboxylic acids is 1. The number of nitrogens with one attached hydrogen (secondary N) is 2. The maximum Gasteiger partial charge on any atom is 0.261 e. The molecule has 166 valence electrons. The lowest BCUT2D eigenvalue weighted by molar-refractivity contribution is 0.102. The Morgan fingerprint density at radius 2 is 1.67 bits per heavy atom. The number of amides is 1. The molecule has 0 atom stereocenters. The third-order valence-corrected chi connectivity index (χ3v) is 8.09. The number of halogens is 1. The maximum absolute atomic E-state index is 13.0. The van der Waals surface area contributed by atoms with Crippen LogP contribution in [0, 0.1) is 12.7 Å². The van der Waals surface area contributed by atoms with Crippen molar-refractivity contribution in [2.75, 3.05) is 10.0 Å². The van der Waals surface area contributed by atoms with E-state index in [-0.39, 0.29) is 16.5 Å². The molecule has 1 amide bonds. The van der Waals surface area contributed by atoms with E-state index >= 15 is 0 Å². The van der Waals surface area contributed by atoms with E-state index < -0.39 is 15.8 Å². The predicted molar refractivity (Wildman–Crippen MR) is 129 cm³/mol. The van der Waals surface area contributed by atoms with Crippen molar-refractivity contribution < 1.29 is 17.6 Å². The van der Waals surface area contributed by atoms with E-state index in [1.54, 1.807) is 11.3 Å². The minimum Gasteiger partial charge on any atom is -0.298 e. The van der Waals surface area contributed by atoms with Crippen LogP contribution in [0.25, 0.3) is 20.4 Å². The van der Waals surface area contributed by atoms with Gasteiger partial charge in [-0.2, -0.15) is 0 Å². The number of hydrogen-bond donors (Lipinski definition) is 2. The van der Waals surface area contributed by atoms with Crippen LogP contribution in [0.1, 0.15) is 15.4 Å². The average molecular weight is 499 g/mol. The zero-order valence-corrected chi connectivity index (χ0v) is 19.4. The van der Waals surface area contributed by atoms with Gasteiger partial charge in [0, 0.05) is 11.3 Å².